The molecule has 0 saturated heterocycles. The Morgan fingerprint density at radius 2 is 1.47 bits per heavy atom. The second kappa shape index (κ2) is 10.8. The van der Waals surface area contributed by atoms with Gasteiger partial charge in [0.1, 0.15) is 5.69 Å². The molecule has 2 N–H and O–H groups in total. The third-order valence-corrected chi connectivity index (χ3v) is 5.22. The molecule has 0 fully saturated rings. The summed E-state index contributed by atoms with van der Waals surface area (Å²) in [4.78, 5) is 33.8. The van der Waals surface area contributed by atoms with Gasteiger partial charge in [-0.2, -0.15) is 0 Å². The molecule has 0 aliphatic rings. The quantitative estimate of drug-likeness (QED) is 0.376. The van der Waals surface area contributed by atoms with Crippen LogP contribution in [0.15, 0.2) is 114 Å². The number of benzene rings is 3. The molecule has 4 rings (SSSR count). The minimum atomic E-state index is -1.02. The first-order valence-electron chi connectivity index (χ1n) is 10.8. The summed E-state index contributed by atoms with van der Waals surface area (Å²) in [6.45, 7) is 0. The first-order valence-corrected chi connectivity index (χ1v) is 10.8. The molecule has 0 aliphatic carbocycles. The molecule has 1 aromatic heterocycles. The van der Waals surface area contributed by atoms with E-state index in [0.717, 1.165) is 11.1 Å². The van der Waals surface area contributed by atoms with Crippen molar-refractivity contribution in [3.8, 4) is 0 Å². The van der Waals surface area contributed by atoms with Crippen LogP contribution in [0.3, 0.4) is 0 Å². The summed E-state index contributed by atoms with van der Waals surface area (Å²) < 4.78 is 0. The Bertz CT molecular complexity index is 1290. The fraction of sp³-hybridized carbons (Fsp3) is 0.0714. The molecule has 0 radical (unpaired) electrons. The predicted molar refractivity (Wildman–Crippen MR) is 132 cm³/mol. The van der Waals surface area contributed by atoms with Crippen LogP contribution in [0.1, 0.15) is 27.2 Å². The highest BCUT2D eigenvalue weighted by atomic mass is 16.4. The van der Waals surface area contributed by atoms with Crippen LogP contribution in [-0.2, 0) is 11.2 Å². The summed E-state index contributed by atoms with van der Waals surface area (Å²) >= 11 is 0. The molecular weight excluding hydrogens is 426 g/mol. The van der Waals surface area contributed by atoms with E-state index in [0.29, 0.717) is 17.0 Å². The highest BCUT2D eigenvalue weighted by molar-refractivity contribution is 6.18. The fourth-order valence-electron chi connectivity index (χ4n) is 3.56. The Morgan fingerprint density at radius 1 is 0.824 bits per heavy atom. The molecule has 4 aromatic rings. The smallest absolute Gasteiger partial charge is 0.328 e. The lowest BCUT2D eigenvalue weighted by Gasteiger charge is -2.16. The molecule has 0 aliphatic heterocycles. The number of para-hydroxylation sites is 1. The highest BCUT2D eigenvalue weighted by Gasteiger charge is 2.21. The zero-order valence-electron chi connectivity index (χ0n) is 18.3. The zero-order valence-corrected chi connectivity index (χ0v) is 18.3. The van der Waals surface area contributed by atoms with E-state index in [1.54, 1.807) is 36.5 Å². The minimum absolute atomic E-state index is 0.245. The number of rotatable bonds is 8. The Morgan fingerprint density at radius 3 is 2.15 bits per heavy atom. The summed E-state index contributed by atoms with van der Waals surface area (Å²) in [7, 11) is 0. The molecule has 6 heteroatoms. The monoisotopic (exact) mass is 449 g/mol. The number of aromatic nitrogens is 1. The van der Waals surface area contributed by atoms with E-state index >= 15 is 0 Å². The Labute approximate surface area is 197 Å². The summed E-state index contributed by atoms with van der Waals surface area (Å²) in [6.07, 6.45) is 1.80. The van der Waals surface area contributed by atoms with Crippen molar-refractivity contribution in [2.75, 3.05) is 5.32 Å². The normalized spacial score (nSPS) is 12.1. The van der Waals surface area contributed by atoms with Gasteiger partial charge >= 0.3 is 5.97 Å². The number of pyridine rings is 1. The van der Waals surface area contributed by atoms with Gasteiger partial charge in [-0.1, -0.05) is 84.9 Å². The van der Waals surface area contributed by atoms with Crippen LogP contribution in [-0.4, -0.2) is 33.7 Å². The average molecular weight is 450 g/mol. The Hall–Kier alpha value is -4.58. The highest BCUT2D eigenvalue weighted by Crippen LogP contribution is 2.22. The molecule has 1 atom stereocenters. The summed E-state index contributed by atoms with van der Waals surface area (Å²) in [5.41, 5.74) is 3.54. The fourth-order valence-corrected chi connectivity index (χ4v) is 3.56. The molecule has 0 bridgehead atoms. The van der Waals surface area contributed by atoms with Crippen LogP contribution in [0.5, 0.6) is 0 Å². The van der Waals surface area contributed by atoms with Crippen LogP contribution in [0.4, 0.5) is 5.69 Å². The number of amides is 1. The Kier molecular flexibility index (Phi) is 7.20. The second-order valence-corrected chi connectivity index (χ2v) is 7.60. The summed E-state index contributed by atoms with van der Waals surface area (Å²) in [6, 6.07) is 30.1. The number of carboxylic acid groups (broad SMARTS) is 1. The molecule has 1 heterocycles. The number of aliphatic carboxylic acids is 1. The van der Waals surface area contributed by atoms with E-state index in [9.17, 15) is 14.7 Å². The zero-order chi connectivity index (χ0) is 23.8. The number of hydrogen-bond acceptors (Lipinski definition) is 4. The lowest BCUT2D eigenvalue weighted by atomic mass is 9.99. The molecule has 0 saturated carbocycles. The van der Waals surface area contributed by atoms with Gasteiger partial charge in [0.05, 0.1) is 11.4 Å². The molecule has 0 spiro atoms. The molecule has 0 unspecified atom stereocenters. The van der Waals surface area contributed by atoms with Crippen molar-refractivity contribution >= 4 is 23.3 Å². The number of carboxylic acids is 1. The van der Waals surface area contributed by atoms with Crippen molar-refractivity contribution in [3.63, 3.8) is 0 Å². The van der Waals surface area contributed by atoms with Crippen LogP contribution < -0.4 is 5.32 Å². The van der Waals surface area contributed by atoms with E-state index < -0.39 is 12.0 Å². The van der Waals surface area contributed by atoms with Gasteiger partial charge in [0, 0.05) is 23.7 Å². The van der Waals surface area contributed by atoms with Crippen molar-refractivity contribution in [3.05, 3.63) is 132 Å². The van der Waals surface area contributed by atoms with Crippen molar-refractivity contribution in [1.29, 1.82) is 0 Å². The van der Waals surface area contributed by atoms with Crippen LogP contribution >= 0.6 is 0 Å². The largest absolute Gasteiger partial charge is 0.480 e. The standard InChI is InChI=1S/C28H23N3O3/c32-27(24-17-9-10-18-29-24)31-23-16-8-7-15-22(23)26(21-13-5-2-6-14-21)30-25(28(33)34)19-20-11-3-1-4-12-20/h1-18,25H,19H2,(H,31,32)(H,33,34)/t25-/m1/s1. The number of anilines is 1. The number of carbonyl (C=O) groups is 2. The minimum Gasteiger partial charge on any atom is -0.480 e. The average Bonchev–Trinajstić information content (AvgIpc) is 2.88. The van der Waals surface area contributed by atoms with Gasteiger partial charge in [-0.05, 0) is 23.8 Å². The van der Waals surface area contributed by atoms with Gasteiger partial charge in [-0.15, -0.1) is 0 Å². The molecule has 168 valence electrons. The van der Waals surface area contributed by atoms with Gasteiger partial charge in [-0.25, -0.2) is 4.79 Å². The van der Waals surface area contributed by atoms with Crippen molar-refractivity contribution < 1.29 is 14.7 Å². The molecule has 1 amide bonds. The van der Waals surface area contributed by atoms with Crippen molar-refractivity contribution in [2.45, 2.75) is 12.5 Å². The summed E-state index contributed by atoms with van der Waals surface area (Å²) in [5.74, 6) is -1.38. The van der Waals surface area contributed by atoms with Crippen LogP contribution in [0.2, 0.25) is 0 Å². The maximum absolute atomic E-state index is 12.8. The summed E-state index contributed by atoms with van der Waals surface area (Å²) in [5, 5.41) is 12.9. The van der Waals surface area contributed by atoms with Gasteiger partial charge in [0.15, 0.2) is 6.04 Å². The lowest BCUT2D eigenvalue weighted by Crippen LogP contribution is -2.24. The Balaban J connectivity index is 1.76. The van der Waals surface area contributed by atoms with Gasteiger partial charge < -0.3 is 10.4 Å². The van der Waals surface area contributed by atoms with E-state index in [1.807, 2.05) is 72.8 Å². The molecule has 6 nitrogen and oxygen atoms in total. The van der Waals surface area contributed by atoms with Gasteiger partial charge in [0.25, 0.3) is 5.91 Å². The van der Waals surface area contributed by atoms with Gasteiger partial charge in [0.2, 0.25) is 0 Å². The number of aliphatic imine (C=N–C) groups is 1. The number of nitrogens with zero attached hydrogens (tertiary/aromatic N) is 2. The molecule has 3 aromatic carbocycles. The predicted octanol–water partition coefficient (Wildman–Crippen LogP) is 4.87. The second-order valence-electron chi connectivity index (χ2n) is 7.60. The molecular formula is C28H23N3O3. The number of hydrogen-bond donors (Lipinski definition) is 2. The van der Waals surface area contributed by atoms with Crippen molar-refractivity contribution in [2.24, 2.45) is 4.99 Å². The van der Waals surface area contributed by atoms with E-state index in [2.05, 4.69) is 10.3 Å². The van der Waals surface area contributed by atoms with E-state index in [-0.39, 0.29) is 18.0 Å². The van der Waals surface area contributed by atoms with E-state index in [1.165, 1.54) is 0 Å². The topological polar surface area (TPSA) is 91.7 Å². The van der Waals surface area contributed by atoms with Crippen LogP contribution in [0, 0.1) is 0 Å². The van der Waals surface area contributed by atoms with E-state index in [4.69, 9.17) is 4.99 Å². The first-order chi connectivity index (χ1) is 16.6. The van der Waals surface area contributed by atoms with Gasteiger partial charge in [-0.3, -0.25) is 14.8 Å². The number of carbonyl (C=O) groups excluding carboxylic acids is 1. The first kappa shape index (κ1) is 22.6. The number of nitrogens with one attached hydrogen (secondary N) is 1. The maximum Gasteiger partial charge on any atom is 0.328 e. The SMILES string of the molecule is O=C(Nc1ccccc1C(=N[C@H](Cc1ccccc1)C(=O)O)c1ccccc1)c1ccccn1. The van der Waals surface area contributed by atoms with Crippen molar-refractivity contribution in [1.82, 2.24) is 4.98 Å². The van der Waals surface area contributed by atoms with Crippen LogP contribution in [0.25, 0.3) is 0 Å². The third-order valence-electron chi connectivity index (χ3n) is 5.22. The third kappa shape index (κ3) is 5.61. The lowest BCUT2D eigenvalue weighted by molar-refractivity contribution is -0.138. The maximum atomic E-state index is 12.8. The molecule has 34 heavy (non-hydrogen) atoms.